The molecular weight excluding hydrogens is 362 g/mol. The number of hydrazone groups is 1. The molecular formula is C24H23N3O2. The molecule has 1 aliphatic carbocycles. The van der Waals surface area contributed by atoms with Gasteiger partial charge in [0.2, 0.25) is 17.5 Å². The lowest BCUT2D eigenvalue weighted by atomic mass is 9.91. The third-order valence-electron chi connectivity index (χ3n) is 5.81. The molecule has 0 unspecified atom stereocenters. The summed E-state index contributed by atoms with van der Waals surface area (Å²) >= 11 is 0. The molecule has 1 amide bonds. The van der Waals surface area contributed by atoms with E-state index < -0.39 is 5.72 Å². The molecule has 5 rings (SSSR count). The Balaban J connectivity index is 1.66. The van der Waals surface area contributed by atoms with Crippen LogP contribution in [0.3, 0.4) is 0 Å². The number of rotatable bonds is 2. The molecule has 0 bridgehead atoms. The van der Waals surface area contributed by atoms with E-state index >= 15 is 0 Å². The first-order valence-electron chi connectivity index (χ1n) is 10.2. The predicted molar refractivity (Wildman–Crippen MR) is 113 cm³/mol. The Morgan fingerprint density at radius 2 is 1.72 bits per heavy atom. The van der Waals surface area contributed by atoms with Gasteiger partial charge in [0.15, 0.2) is 0 Å². The number of para-hydroxylation sites is 1. The lowest BCUT2D eigenvalue weighted by molar-refractivity contribution is -0.151. The molecule has 29 heavy (non-hydrogen) atoms. The van der Waals surface area contributed by atoms with E-state index in [9.17, 15) is 4.79 Å². The maximum Gasteiger partial charge on any atom is 0.243 e. The fraction of sp³-hybridized carbons (Fsp3) is 0.292. The summed E-state index contributed by atoms with van der Waals surface area (Å²) in [5.41, 5.74) is 3.02. The minimum Gasteiger partial charge on any atom is -0.447 e. The van der Waals surface area contributed by atoms with Gasteiger partial charge < -0.3 is 4.74 Å². The molecule has 0 N–H and O–H groups in total. The molecule has 2 aromatic carbocycles. The van der Waals surface area contributed by atoms with Crippen LogP contribution >= 0.6 is 0 Å². The van der Waals surface area contributed by atoms with Crippen molar-refractivity contribution in [3.05, 3.63) is 66.2 Å². The molecule has 2 aliphatic rings. The van der Waals surface area contributed by atoms with Gasteiger partial charge in [-0.2, -0.15) is 5.01 Å². The van der Waals surface area contributed by atoms with E-state index in [0.717, 1.165) is 53.4 Å². The predicted octanol–water partition coefficient (Wildman–Crippen LogP) is 5.10. The highest BCUT2D eigenvalue weighted by atomic mass is 16.6. The Morgan fingerprint density at radius 1 is 1.00 bits per heavy atom. The van der Waals surface area contributed by atoms with Crippen LogP contribution in [-0.2, 0) is 9.53 Å². The smallest absolute Gasteiger partial charge is 0.243 e. The number of pyridine rings is 1. The Bertz CT molecular complexity index is 1100. The molecule has 5 nitrogen and oxygen atoms in total. The van der Waals surface area contributed by atoms with Crippen LogP contribution in [0.25, 0.3) is 22.2 Å². The van der Waals surface area contributed by atoms with Crippen molar-refractivity contribution in [3.63, 3.8) is 0 Å². The lowest BCUT2D eigenvalue weighted by Crippen LogP contribution is -2.48. The third kappa shape index (κ3) is 3.07. The normalized spacial score (nSPS) is 18.0. The number of benzene rings is 2. The highest BCUT2D eigenvalue weighted by Crippen LogP contribution is 2.40. The molecule has 146 valence electrons. The van der Waals surface area contributed by atoms with Gasteiger partial charge in [0.1, 0.15) is 0 Å². The van der Waals surface area contributed by atoms with Gasteiger partial charge in [-0.3, -0.25) is 4.79 Å². The van der Waals surface area contributed by atoms with E-state index in [0.29, 0.717) is 5.90 Å². The van der Waals surface area contributed by atoms with Crippen LogP contribution in [0, 0.1) is 0 Å². The Kier molecular flexibility index (Phi) is 4.31. The zero-order chi connectivity index (χ0) is 19.8. The zero-order valence-electron chi connectivity index (χ0n) is 16.5. The van der Waals surface area contributed by atoms with E-state index in [2.05, 4.69) is 5.10 Å². The van der Waals surface area contributed by atoms with Crippen molar-refractivity contribution in [1.29, 1.82) is 0 Å². The highest BCUT2D eigenvalue weighted by Gasteiger charge is 2.48. The summed E-state index contributed by atoms with van der Waals surface area (Å²) in [6.07, 6.45) is 4.88. The monoisotopic (exact) mass is 385 g/mol. The second-order valence-electron chi connectivity index (χ2n) is 7.78. The second kappa shape index (κ2) is 6.99. The molecule has 5 heteroatoms. The molecule has 1 fully saturated rings. The van der Waals surface area contributed by atoms with E-state index in [-0.39, 0.29) is 5.91 Å². The number of carbonyl (C=O) groups is 1. The SMILES string of the molecule is CC(=O)N1N=C(c2cc(-c3ccccc3)nc3ccccc23)OC12CCCCC2. The first kappa shape index (κ1) is 17.9. The van der Waals surface area contributed by atoms with E-state index in [4.69, 9.17) is 9.72 Å². The number of amides is 1. The molecule has 1 spiro atoms. The fourth-order valence-electron chi connectivity index (χ4n) is 4.42. The topological polar surface area (TPSA) is 54.8 Å². The molecule has 3 aromatic rings. The van der Waals surface area contributed by atoms with Crippen LogP contribution in [-0.4, -0.2) is 27.5 Å². The Labute approximate surface area is 170 Å². The van der Waals surface area contributed by atoms with E-state index in [1.165, 1.54) is 6.42 Å². The van der Waals surface area contributed by atoms with Gasteiger partial charge in [0.05, 0.1) is 11.2 Å². The molecule has 1 aromatic heterocycles. The number of ether oxygens (including phenoxy) is 1. The van der Waals surface area contributed by atoms with Crippen molar-refractivity contribution in [1.82, 2.24) is 9.99 Å². The van der Waals surface area contributed by atoms with Gasteiger partial charge in [0, 0.05) is 36.3 Å². The summed E-state index contributed by atoms with van der Waals surface area (Å²) in [7, 11) is 0. The van der Waals surface area contributed by atoms with Crippen LogP contribution < -0.4 is 0 Å². The van der Waals surface area contributed by atoms with Crippen molar-refractivity contribution in [2.45, 2.75) is 44.8 Å². The zero-order valence-corrected chi connectivity index (χ0v) is 16.5. The van der Waals surface area contributed by atoms with Crippen molar-refractivity contribution in [2.24, 2.45) is 5.10 Å². The molecule has 0 radical (unpaired) electrons. The number of hydrogen-bond donors (Lipinski definition) is 0. The third-order valence-corrected chi connectivity index (χ3v) is 5.81. The Morgan fingerprint density at radius 3 is 2.48 bits per heavy atom. The summed E-state index contributed by atoms with van der Waals surface area (Å²) in [4.78, 5) is 17.2. The average molecular weight is 385 g/mol. The lowest BCUT2D eigenvalue weighted by Gasteiger charge is -2.37. The number of fused-ring (bicyclic) bond motifs is 1. The van der Waals surface area contributed by atoms with Crippen molar-refractivity contribution >= 4 is 22.7 Å². The molecule has 2 heterocycles. The maximum absolute atomic E-state index is 12.4. The van der Waals surface area contributed by atoms with Crippen LogP contribution in [0.15, 0.2) is 65.8 Å². The quantitative estimate of drug-likeness (QED) is 0.616. The number of carbonyl (C=O) groups excluding carboxylic acids is 1. The summed E-state index contributed by atoms with van der Waals surface area (Å²) in [5.74, 6) is 0.432. The minimum atomic E-state index is -0.642. The number of aromatic nitrogens is 1. The number of nitrogens with zero attached hydrogens (tertiary/aromatic N) is 3. The first-order valence-corrected chi connectivity index (χ1v) is 10.2. The highest BCUT2D eigenvalue weighted by molar-refractivity contribution is 6.08. The van der Waals surface area contributed by atoms with Crippen molar-refractivity contribution in [2.75, 3.05) is 0 Å². The van der Waals surface area contributed by atoms with Gasteiger partial charge >= 0.3 is 0 Å². The summed E-state index contributed by atoms with van der Waals surface area (Å²) < 4.78 is 6.48. The van der Waals surface area contributed by atoms with Crippen LogP contribution in [0.4, 0.5) is 0 Å². The fourth-order valence-corrected chi connectivity index (χ4v) is 4.42. The van der Waals surface area contributed by atoms with Gasteiger partial charge in [-0.15, -0.1) is 5.10 Å². The largest absolute Gasteiger partial charge is 0.447 e. The summed E-state index contributed by atoms with van der Waals surface area (Å²) in [5, 5.41) is 7.21. The van der Waals surface area contributed by atoms with Gasteiger partial charge in [0.25, 0.3) is 0 Å². The standard InChI is InChI=1S/C24H23N3O2/c1-17(28)27-24(14-8-3-9-15-24)29-23(26-27)20-16-22(18-10-4-2-5-11-18)25-21-13-7-6-12-19(20)21/h2,4-7,10-13,16H,3,8-9,14-15H2,1H3. The average Bonchev–Trinajstić information content (AvgIpc) is 3.12. The van der Waals surface area contributed by atoms with Crippen molar-refractivity contribution in [3.8, 4) is 11.3 Å². The van der Waals surface area contributed by atoms with Crippen LogP contribution in [0.5, 0.6) is 0 Å². The summed E-state index contributed by atoms with van der Waals surface area (Å²) in [6.45, 7) is 1.56. The van der Waals surface area contributed by atoms with Crippen LogP contribution in [0.1, 0.15) is 44.6 Å². The number of hydrogen-bond acceptors (Lipinski definition) is 4. The maximum atomic E-state index is 12.4. The molecule has 1 aliphatic heterocycles. The van der Waals surface area contributed by atoms with Gasteiger partial charge in [-0.1, -0.05) is 55.0 Å². The first-order chi connectivity index (χ1) is 14.2. The van der Waals surface area contributed by atoms with E-state index in [1.54, 1.807) is 11.9 Å². The van der Waals surface area contributed by atoms with Crippen molar-refractivity contribution < 1.29 is 9.53 Å². The van der Waals surface area contributed by atoms with Gasteiger partial charge in [-0.05, 0) is 25.0 Å². The van der Waals surface area contributed by atoms with Crippen LogP contribution in [0.2, 0.25) is 0 Å². The minimum absolute atomic E-state index is 0.0801. The molecule has 0 atom stereocenters. The van der Waals surface area contributed by atoms with E-state index in [1.807, 2.05) is 60.7 Å². The van der Waals surface area contributed by atoms with Gasteiger partial charge in [-0.25, -0.2) is 4.98 Å². The molecule has 0 saturated heterocycles. The summed E-state index contributed by atoms with van der Waals surface area (Å²) in [6, 6.07) is 20.1. The second-order valence-corrected chi connectivity index (χ2v) is 7.78. The Hall–Kier alpha value is -3.21. The molecule has 1 saturated carbocycles.